The molecular formula is C24H23N3O3. The van der Waals surface area contributed by atoms with Gasteiger partial charge in [-0.15, -0.1) is 0 Å². The van der Waals surface area contributed by atoms with E-state index in [9.17, 15) is 9.59 Å². The van der Waals surface area contributed by atoms with Crippen molar-refractivity contribution in [1.82, 2.24) is 14.9 Å². The maximum atomic E-state index is 12.9. The Morgan fingerprint density at radius 2 is 1.97 bits per heavy atom. The highest BCUT2D eigenvalue weighted by Crippen LogP contribution is 2.14. The van der Waals surface area contributed by atoms with Gasteiger partial charge in [-0.25, -0.2) is 0 Å². The first-order valence-electron chi connectivity index (χ1n) is 9.97. The molecule has 0 spiro atoms. The number of rotatable bonds is 7. The van der Waals surface area contributed by atoms with E-state index in [1.54, 1.807) is 42.1 Å². The summed E-state index contributed by atoms with van der Waals surface area (Å²) in [6.45, 7) is 2.67. The Hall–Kier alpha value is -3.67. The van der Waals surface area contributed by atoms with Crippen LogP contribution in [0.1, 0.15) is 33.8 Å². The van der Waals surface area contributed by atoms with Gasteiger partial charge >= 0.3 is 0 Å². The van der Waals surface area contributed by atoms with Crippen LogP contribution in [0.5, 0.6) is 0 Å². The Balaban J connectivity index is 1.50. The van der Waals surface area contributed by atoms with Crippen molar-refractivity contribution in [1.29, 1.82) is 0 Å². The van der Waals surface area contributed by atoms with Crippen molar-refractivity contribution in [2.45, 2.75) is 26.3 Å². The van der Waals surface area contributed by atoms with Crippen LogP contribution in [0.15, 0.2) is 76.3 Å². The van der Waals surface area contributed by atoms with Crippen molar-refractivity contribution in [2.24, 2.45) is 0 Å². The van der Waals surface area contributed by atoms with Crippen molar-refractivity contribution in [3.05, 3.63) is 100.0 Å². The smallest absolute Gasteiger partial charge is 0.260 e. The topological polar surface area (TPSA) is 77.1 Å². The lowest BCUT2D eigenvalue weighted by atomic mass is 10.1. The number of aryl methyl sites for hydroxylation is 2. The van der Waals surface area contributed by atoms with Gasteiger partial charge < -0.3 is 14.3 Å². The summed E-state index contributed by atoms with van der Waals surface area (Å²) in [6, 6.07) is 17.2. The number of benzene rings is 1. The van der Waals surface area contributed by atoms with Crippen LogP contribution in [0.3, 0.4) is 0 Å². The van der Waals surface area contributed by atoms with E-state index in [0.717, 1.165) is 12.8 Å². The molecule has 0 bridgehead atoms. The maximum absolute atomic E-state index is 12.9. The van der Waals surface area contributed by atoms with Gasteiger partial charge in [0.2, 0.25) is 0 Å². The van der Waals surface area contributed by atoms with Gasteiger partial charge in [0.1, 0.15) is 5.76 Å². The standard InChI is InChI=1S/C24H23N3O3/c1-17-20(23(28)25-12-5-9-18-7-3-2-4-8-18)15-21-22(26-17)11-13-27(24(21)29)16-19-10-6-14-30-19/h2-4,6-8,10-11,13-15H,5,9,12,16H2,1H3,(H,25,28). The Morgan fingerprint density at radius 3 is 2.73 bits per heavy atom. The van der Waals surface area contributed by atoms with E-state index in [1.165, 1.54) is 5.56 Å². The Kier molecular flexibility index (Phi) is 5.75. The number of amides is 1. The highest BCUT2D eigenvalue weighted by molar-refractivity contribution is 5.98. The minimum absolute atomic E-state index is 0.200. The Labute approximate surface area is 174 Å². The van der Waals surface area contributed by atoms with E-state index in [0.29, 0.717) is 41.0 Å². The van der Waals surface area contributed by atoms with Crippen molar-refractivity contribution < 1.29 is 9.21 Å². The molecule has 1 amide bonds. The Bertz CT molecular complexity index is 1210. The SMILES string of the molecule is Cc1nc2ccn(Cc3ccco3)c(=O)c2cc1C(=O)NCCCc1ccccc1. The van der Waals surface area contributed by atoms with Crippen LogP contribution in [0.2, 0.25) is 0 Å². The van der Waals surface area contributed by atoms with E-state index >= 15 is 0 Å². The number of furan rings is 1. The van der Waals surface area contributed by atoms with Crippen LogP contribution in [-0.2, 0) is 13.0 Å². The highest BCUT2D eigenvalue weighted by Gasteiger charge is 2.14. The van der Waals surface area contributed by atoms with Gasteiger partial charge in [-0.05, 0) is 49.6 Å². The number of hydrogen-bond acceptors (Lipinski definition) is 4. The van der Waals surface area contributed by atoms with E-state index in [1.807, 2.05) is 24.3 Å². The number of hydrogen-bond donors (Lipinski definition) is 1. The number of aromatic nitrogens is 2. The van der Waals surface area contributed by atoms with Crippen LogP contribution in [0, 0.1) is 6.92 Å². The third-order valence-corrected chi connectivity index (χ3v) is 5.07. The molecule has 0 aliphatic heterocycles. The normalized spacial score (nSPS) is 11.0. The van der Waals surface area contributed by atoms with Gasteiger partial charge in [-0.1, -0.05) is 30.3 Å². The van der Waals surface area contributed by atoms with Crippen LogP contribution in [0.4, 0.5) is 0 Å². The third kappa shape index (κ3) is 4.33. The second kappa shape index (κ2) is 8.78. The molecule has 3 heterocycles. The molecule has 6 nitrogen and oxygen atoms in total. The summed E-state index contributed by atoms with van der Waals surface area (Å²) in [4.78, 5) is 30.1. The molecular weight excluding hydrogens is 378 g/mol. The van der Waals surface area contributed by atoms with E-state index in [-0.39, 0.29) is 11.5 Å². The van der Waals surface area contributed by atoms with Crippen LogP contribution >= 0.6 is 0 Å². The maximum Gasteiger partial charge on any atom is 0.260 e. The fourth-order valence-corrected chi connectivity index (χ4v) is 3.46. The molecule has 4 rings (SSSR count). The number of nitrogens with zero attached hydrogens (tertiary/aromatic N) is 2. The average molecular weight is 401 g/mol. The zero-order valence-corrected chi connectivity index (χ0v) is 16.8. The lowest BCUT2D eigenvalue weighted by molar-refractivity contribution is 0.0952. The fourth-order valence-electron chi connectivity index (χ4n) is 3.46. The molecule has 30 heavy (non-hydrogen) atoms. The molecule has 0 atom stereocenters. The van der Waals surface area contributed by atoms with Crippen molar-refractivity contribution >= 4 is 16.8 Å². The summed E-state index contributed by atoms with van der Waals surface area (Å²) in [6.07, 6.45) is 5.01. The quantitative estimate of drug-likeness (QED) is 0.479. The molecule has 0 radical (unpaired) electrons. The summed E-state index contributed by atoms with van der Waals surface area (Å²) in [5, 5.41) is 3.36. The predicted molar refractivity (Wildman–Crippen MR) is 116 cm³/mol. The van der Waals surface area contributed by atoms with Gasteiger partial charge in [0.25, 0.3) is 11.5 Å². The van der Waals surface area contributed by atoms with E-state index in [4.69, 9.17) is 4.42 Å². The zero-order valence-electron chi connectivity index (χ0n) is 16.8. The number of carbonyl (C=O) groups is 1. The van der Waals surface area contributed by atoms with Crippen LogP contribution < -0.4 is 10.9 Å². The second-order valence-corrected chi connectivity index (χ2v) is 7.23. The first-order chi connectivity index (χ1) is 14.6. The van der Waals surface area contributed by atoms with E-state index in [2.05, 4.69) is 22.4 Å². The number of nitrogens with one attached hydrogen (secondary N) is 1. The third-order valence-electron chi connectivity index (χ3n) is 5.07. The monoisotopic (exact) mass is 401 g/mol. The fraction of sp³-hybridized carbons (Fsp3) is 0.208. The van der Waals surface area contributed by atoms with Gasteiger partial charge in [-0.3, -0.25) is 14.6 Å². The molecule has 0 fully saturated rings. The zero-order chi connectivity index (χ0) is 20.9. The summed E-state index contributed by atoms with van der Waals surface area (Å²) in [5.74, 6) is 0.476. The number of fused-ring (bicyclic) bond motifs is 1. The minimum Gasteiger partial charge on any atom is -0.467 e. The summed E-state index contributed by atoms with van der Waals surface area (Å²) < 4.78 is 6.89. The number of pyridine rings is 2. The molecule has 0 saturated heterocycles. The first-order valence-corrected chi connectivity index (χ1v) is 9.97. The Morgan fingerprint density at radius 1 is 1.13 bits per heavy atom. The van der Waals surface area contributed by atoms with Gasteiger partial charge in [0.05, 0.1) is 35.0 Å². The summed E-state index contributed by atoms with van der Waals surface area (Å²) in [7, 11) is 0. The molecule has 0 aliphatic carbocycles. The van der Waals surface area contributed by atoms with Gasteiger partial charge in [0.15, 0.2) is 0 Å². The summed E-state index contributed by atoms with van der Waals surface area (Å²) >= 11 is 0. The molecule has 0 saturated carbocycles. The van der Waals surface area contributed by atoms with Crippen molar-refractivity contribution in [2.75, 3.05) is 6.54 Å². The number of carbonyl (C=O) groups excluding carboxylic acids is 1. The lowest BCUT2D eigenvalue weighted by Crippen LogP contribution is -2.27. The largest absolute Gasteiger partial charge is 0.467 e. The molecule has 1 aromatic carbocycles. The second-order valence-electron chi connectivity index (χ2n) is 7.23. The van der Waals surface area contributed by atoms with Gasteiger partial charge in [0, 0.05) is 12.7 Å². The lowest BCUT2D eigenvalue weighted by Gasteiger charge is -2.10. The molecule has 3 aromatic heterocycles. The molecule has 0 unspecified atom stereocenters. The first kappa shape index (κ1) is 19.6. The highest BCUT2D eigenvalue weighted by atomic mass is 16.3. The van der Waals surface area contributed by atoms with Crippen LogP contribution in [-0.4, -0.2) is 22.0 Å². The minimum atomic E-state index is -0.212. The van der Waals surface area contributed by atoms with E-state index < -0.39 is 0 Å². The van der Waals surface area contributed by atoms with Crippen LogP contribution in [0.25, 0.3) is 10.9 Å². The average Bonchev–Trinajstić information content (AvgIpc) is 3.27. The molecule has 1 N–H and O–H groups in total. The molecule has 152 valence electrons. The van der Waals surface area contributed by atoms with Gasteiger partial charge in [-0.2, -0.15) is 0 Å². The molecule has 4 aromatic rings. The predicted octanol–water partition coefficient (Wildman–Crippen LogP) is 3.71. The molecule has 0 aliphatic rings. The van der Waals surface area contributed by atoms with Crippen molar-refractivity contribution in [3.63, 3.8) is 0 Å². The summed E-state index contributed by atoms with van der Waals surface area (Å²) in [5.41, 5.74) is 2.65. The molecule has 6 heteroatoms. The van der Waals surface area contributed by atoms with Crippen molar-refractivity contribution in [3.8, 4) is 0 Å².